The number of ether oxygens (including phenoxy) is 1. The molecule has 118 valence electrons. The number of hydrogen-bond acceptors (Lipinski definition) is 6. The Balaban J connectivity index is 2.04. The molecule has 0 aliphatic heterocycles. The van der Waals surface area contributed by atoms with Gasteiger partial charge in [0.15, 0.2) is 0 Å². The van der Waals surface area contributed by atoms with Gasteiger partial charge in [-0.15, -0.1) is 0 Å². The molecule has 6 heteroatoms. The van der Waals surface area contributed by atoms with Crippen molar-refractivity contribution in [2.45, 2.75) is 0 Å². The molecule has 0 aliphatic carbocycles. The molecule has 0 fully saturated rings. The number of nitrogens with zero attached hydrogens (tertiary/aromatic N) is 3. The Labute approximate surface area is 130 Å². The maximum atomic E-state index is 9.75. The molecule has 0 amide bonds. The molecule has 0 saturated heterocycles. The van der Waals surface area contributed by atoms with Crippen LogP contribution in [-0.2, 0) is 0 Å². The number of hydrogen-bond donors (Lipinski definition) is 2. The zero-order valence-electron chi connectivity index (χ0n) is 12.6. The van der Waals surface area contributed by atoms with Crippen molar-refractivity contribution in [3.8, 4) is 5.75 Å². The van der Waals surface area contributed by atoms with Crippen LogP contribution in [0.1, 0.15) is 0 Å². The van der Waals surface area contributed by atoms with E-state index in [4.69, 9.17) is 4.74 Å². The minimum Gasteiger partial charge on any atom is -0.491 e. The first-order chi connectivity index (χ1) is 10.7. The van der Waals surface area contributed by atoms with Crippen LogP contribution in [0.4, 0.5) is 5.69 Å². The molecule has 0 aliphatic rings. The average Bonchev–Trinajstić information content (AvgIpc) is 2.60. The van der Waals surface area contributed by atoms with Gasteiger partial charge in [0.1, 0.15) is 12.4 Å². The highest BCUT2D eigenvalue weighted by molar-refractivity contribution is 5.42. The third kappa shape index (κ3) is 4.16. The van der Waals surface area contributed by atoms with Gasteiger partial charge in [0.2, 0.25) is 0 Å². The molecule has 2 aromatic rings. The molecule has 0 saturated carbocycles. The molecular formula is C16H21N3O3. The van der Waals surface area contributed by atoms with Crippen LogP contribution < -0.4 is 9.64 Å². The molecule has 0 aromatic carbocycles. The van der Waals surface area contributed by atoms with Crippen LogP contribution in [0.5, 0.6) is 5.75 Å². The third-order valence-corrected chi connectivity index (χ3v) is 3.51. The predicted octanol–water partition coefficient (Wildman–Crippen LogP) is 0.963. The number of aliphatic hydroxyl groups excluding tert-OH is 2. The molecule has 0 atom stereocenters. The molecule has 2 N–H and O–H groups in total. The monoisotopic (exact) mass is 303 g/mol. The van der Waals surface area contributed by atoms with Crippen LogP contribution in [0.2, 0.25) is 0 Å². The van der Waals surface area contributed by atoms with E-state index in [1.165, 1.54) is 0 Å². The van der Waals surface area contributed by atoms with E-state index in [1.54, 1.807) is 36.9 Å². The summed E-state index contributed by atoms with van der Waals surface area (Å²) < 4.78 is 5.67. The molecule has 2 rings (SSSR count). The Kier molecular flexibility index (Phi) is 5.68. The maximum absolute atomic E-state index is 9.75. The minimum absolute atomic E-state index is 0.186. The lowest BCUT2D eigenvalue weighted by Gasteiger charge is -2.34. The van der Waals surface area contributed by atoms with Gasteiger partial charge in [-0.25, -0.2) is 0 Å². The first-order valence-electron chi connectivity index (χ1n) is 7.05. The lowest BCUT2D eigenvalue weighted by atomic mass is 9.90. The van der Waals surface area contributed by atoms with Crippen molar-refractivity contribution in [3.05, 3.63) is 49.1 Å². The van der Waals surface area contributed by atoms with Crippen molar-refractivity contribution < 1.29 is 14.9 Å². The molecule has 0 unspecified atom stereocenters. The minimum atomic E-state index is -0.777. The average molecular weight is 303 g/mol. The summed E-state index contributed by atoms with van der Waals surface area (Å²) in [5.74, 6) is 0.609. The Morgan fingerprint density at radius 1 is 1.09 bits per heavy atom. The van der Waals surface area contributed by atoms with Gasteiger partial charge in [-0.2, -0.15) is 0 Å². The highest BCUT2D eigenvalue weighted by Crippen LogP contribution is 2.22. The highest BCUT2D eigenvalue weighted by Gasteiger charge is 2.32. The smallest absolute Gasteiger partial charge is 0.137 e. The summed E-state index contributed by atoms with van der Waals surface area (Å²) in [6, 6.07) is 7.33. The molecule has 2 aromatic heterocycles. The van der Waals surface area contributed by atoms with Crippen LogP contribution >= 0.6 is 0 Å². The van der Waals surface area contributed by atoms with Crippen LogP contribution in [0.25, 0.3) is 0 Å². The van der Waals surface area contributed by atoms with Crippen molar-refractivity contribution in [2.24, 2.45) is 5.41 Å². The van der Waals surface area contributed by atoms with E-state index in [-0.39, 0.29) is 19.8 Å². The van der Waals surface area contributed by atoms with Crippen molar-refractivity contribution >= 4 is 5.69 Å². The van der Waals surface area contributed by atoms with Gasteiger partial charge < -0.3 is 19.8 Å². The Morgan fingerprint density at radius 2 is 1.77 bits per heavy atom. The van der Waals surface area contributed by atoms with Gasteiger partial charge in [-0.3, -0.25) is 9.97 Å². The van der Waals surface area contributed by atoms with E-state index < -0.39 is 5.41 Å². The standard InChI is InChI=1S/C16H21N3O3/c1-19(14-4-2-6-17-8-14)10-16(11-20,12-21)13-22-15-5-3-7-18-9-15/h2-9,20-21H,10-13H2,1H3. The lowest BCUT2D eigenvalue weighted by molar-refractivity contribution is 0.0202. The summed E-state index contributed by atoms with van der Waals surface area (Å²) in [6.45, 7) is 0.255. The number of rotatable bonds is 8. The number of aliphatic hydroxyl groups is 2. The van der Waals surface area contributed by atoms with E-state index in [2.05, 4.69) is 9.97 Å². The second-order valence-electron chi connectivity index (χ2n) is 5.36. The molecule has 0 radical (unpaired) electrons. The number of pyridine rings is 2. The summed E-state index contributed by atoms with van der Waals surface area (Å²) in [6.07, 6.45) is 6.70. The van der Waals surface area contributed by atoms with Crippen LogP contribution in [0.3, 0.4) is 0 Å². The number of anilines is 1. The SMILES string of the molecule is CN(CC(CO)(CO)COc1cccnc1)c1cccnc1. The van der Waals surface area contributed by atoms with E-state index in [9.17, 15) is 10.2 Å². The maximum Gasteiger partial charge on any atom is 0.137 e. The topological polar surface area (TPSA) is 78.7 Å². The quantitative estimate of drug-likeness (QED) is 0.756. The van der Waals surface area contributed by atoms with Crippen LogP contribution in [0.15, 0.2) is 49.1 Å². The molecular weight excluding hydrogens is 282 g/mol. The van der Waals surface area contributed by atoms with Crippen molar-refractivity contribution in [1.29, 1.82) is 0 Å². The van der Waals surface area contributed by atoms with Gasteiger partial charge in [-0.1, -0.05) is 0 Å². The van der Waals surface area contributed by atoms with Gasteiger partial charge in [-0.05, 0) is 24.3 Å². The van der Waals surface area contributed by atoms with Gasteiger partial charge in [0, 0.05) is 26.0 Å². The number of aromatic nitrogens is 2. The van der Waals surface area contributed by atoms with Gasteiger partial charge in [0.25, 0.3) is 0 Å². The Bertz CT molecular complexity index is 547. The van der Waals surface area contributed by atoms with Crippen LogP contribution in [-0.4, -0.2) is 53.6 Å². The summed E-state index contributed by atoms with van der Waals surface area (Å²) in [4.78, 5) is 9.99. The first kappa shape index (κ1) is 16.2. The van der Waals surface area contributed by atoms with E-state index in [1.807, 2.05) is 24.1 Å². The van der Waals surface area contributed by atoms with Crippen molar-refractivity contribution in [2.75, 3.05) is 38.3 Å². The fourth-order valence-corrected chi connectivity index (χ4v) is 2.13. The lowest BCUT2D eigenvalue weighted by Crippen LogP contribution is -2.45. The first-order valence-corrected chi connectivity index (χ1v) is 7.05. The van der Waals surface area contributed by atoms with Crippen molar-refractivity contribution in [3.63, 3.8) is 0 Å². The summed E-state index contributed by atoms with van der Waals surface area (Å²) >= 11 is 0. The molecule has 0 spiro atoms. The molecule has 22 heavy (non-hydrogen) atoms. The zero-order valence-corrected chi connectivity index (χ0v) is 12.6. The highest BCUT2D eigenvalue weighted by atomic mass is 16.5. The largest absolute Gasteiger partial charge is 0.491 e. The van der Waals surface area contributed by atoms with Gasteiger partial charge in [0.05, 0.1) is 36.7 Å². The van der Waals surface area contributed by atoms with Gasteiger partial charge >= 0.3 is 0 Å². The molecule has 2 heterocycles. The Morgan fingerprint density at radius 3 is 2.32 bits per heavy atom. The predicted molar refractivity (Wildman–Crippen MR) is 83.8 cm³/mol. The zero-order chi connectivity index (χ0) is 15.8. The summed E-state index contributed by atoms with van der Waals surface area (Å²) in [5.41, 5.74) is 0.135. The summed E-state index contributed by atoms with van der Waals surface area (Å²) in [7, 11) is 1.89. The fraction of sp³-hybridized carbons (Fsp3) is 0.375. The van der Waals surface area contributed by atoms with E-state index >= 15 is 0 Å². The van der Waals surface area contributed by atoms with E-state index in [0.29, 0.717) is 12.3 Å². The molecule has 0 bridgehead atoms. The van der Waals surface area contributed by atoms with E-state index in [0.717, 1.165) is 5.69 Å². The van der Waals surface area contributed by atoms with Crippen molar-refractivity contribution in [1.82, 2.24) is 9.97 Å². The second-order valence-corrected chi connectivity index (χ2v) is 5.36. The van der Waals surface area contributed by atoms with Crippen LogP contribution in [0, 0.1) is 5.41 Å². The Hall–Kier alpha value is -2.18. The normalized spacial score (nSPS) is 11.2. The summed E-state index contributed by atoms with van der Waals surface area (Å²) in [5, 5.41) is 19.5. The second kappa shape index (κ2) is 7.72. The third-order valence-electron chi connectivity index (χ3n) is 3.51. The fourth-order valence-electron chi connectivity index (χ4n) is 2.13. The molecule has 6 nitrogen and oxygen atoms in total.